The Labute approximate surface area is 155 Å². The Morgan fingerprint density at radius 2 is 2.19 bits per heavy atom. The van der Waals surface area contributed by atoms with Crippen molar-refractivity contribution in [3.05, 3.63) is 53.3 Å². The number of anilines is 1. The largest absolute Gasteiger partial charge is 0.360 e. The minimum absolute atomic E-state index is 0.113. The van der Waals surface area contributed by atoms with Gasteiger partial charge >= 0.3 is 0 Å². The Bertz CT molecular complexity index is 994. The van der Waals surface area contributed by atoms with Gasteiger partial charge < -0.3 is 9.84 Å². The highest BCUT2D eigenvalue weighted by Crippen LogP contribution is 2.31. The molecule has 0 bridgehead atoms. The number of nitrogens with zero attached hydrogens (tertiary/aromatic N) is 4. The molecule has 0 atom stereocenters. The van der Waals surface area contributed by atoms with E-state index in [1.54, 1.807) is 29.1 Å². The molecule has 1 aromatic carbocycles. The number of halogens is 1. The third-order valence-electron chi connectivity index (χ3n) is 4.69. The zero-order valence-corrected chi connectivity index (χ0v) is 15.2. The second-order valence-corrected chi connectivity index (χ2v) is 6.72. The molecule has 0 saturated heterocycles. The van der Waals surface area contributed by atoms with Crippen LogP contribution < -0.4 is 5.32 Å². The molecule has 0 aliphatic carbocycles. The molecule has 0 fully saturated rings. The van der Waals surface area contributed by atoms with E-state index in [0.29, 0.717) is 36.5 Å². The first kappa shape index (κ1) is 17.4. The Hall–Kier alpha value is -3.00. The van der Waals surface area contributed by atoms with Gasteiger partial charge in [0.25, 0.3) is 0 Å². The maximum absolute atomic E-state index is 14.1. The smallest absolute Gasteiger partial charge is 0.238 e. The van der Waals surface area contributed by atoms with Gasteiger partial charge in [-0.25, -0.2) is 4.39 Å². The highest BCUT2D eigenvalue weighted by atomic mass is 19.1. The van der Waals surface area contributed by atoms with E-state index < -0.39 is 0 Å². The van der Waals surface area contributed by atoms with E-state index in [9.17, 15) is 9.18 Å². The molecule has 4 rings (SSSR count). The van der Waals surface area contributed by atoms with Gasteiger partial charge in [0.05, 0.1) is 17.9 Å². The van der Waals surface area contributed by atoms with Crippen molar-refractivity contribution in [2.45, 2.75) is 19.9 Å². The van der Waals surface area contributed by atoms with Crippen molar-refractivity contribution in [2.75, 3.05) is 18.4 Å². The van der Waals surface area contributed by atoms with Crippen molar-refractivity contribution >= 4 is 11.6 Å². The van der Waals surface area contributed by atoms with Crippen LogP contribution in [-0.2, 0) is 24.8 Å². The lowest BCUT2D eigenvalue weighted by Gasteiger charge is -2.25. The number of hydrogen-bond acceptors (Lipinski definition) is 5. The third-order valence-corrected chi connectivity index (χ3v) is 4.69. The Balaban J connectivity index is 1.48. The number of carbonyl (C=O) groups is 1. The fourth-order valence-electron chi connectivity index (χ4n) is 3.38. The highest BCUT2D eigenvalue weighted by Gasteiger charge is 2.27. The molecule has 0 saturated carbocycles. The molecular weight excluding hydrogens is 349 g/mol. The van der Waals surface area contributed by atoms with E-state index in [1.807, 2.05) is 18.9 Å². The van der Waals surface area contributed by atoms with Gasteiger partial charge in [-0.3, -0.25) is 14.4 Å². The lowest BCUT2D eigenvalue weighted by Crippen LogP contribution is -2.37. The third kappa shape index (κ3) is 3.48. The topological polar surface area (TPSA) is 76.2 Å². The van der Waals surface area contributed by atoms with Crippen molar-refractivity contribution < 1.29 is 13.7 Å². The molecule has 8 heteroatoms. The van der Waals surface area contributed by atoms with Crippen molar-refractivity contribution in [2.24, 2.45) is 7.05 Å². The van der Waals surface area contributed by atoms with Crippen LogP contribution in [0.3, 0.4) is 0 Å². The van der Waals surface area contributed by atoms with Crippen LogP contribution in [0.2, 0.25) is 0 Å². The molecule has 1 aliphatic rings. The van der Waals surface area contributed by atoms with E-state index >= 15 is 0 Å². The number of carbonyl (C=O) groups excluding carboxylic acids is 1. The number of aromatic nitrogens is 3. The zero-order valence-electron chi connectivity index (χ0n) is 15.2. The summed E-state index contributed by atoms with van der Waals surface area (Å²) in [7, 11) is 1.81. The van der Waals surface area contributed by atoms with Gasteiger partial charge in [-0.2, -0.15) is 5.10 Å². The summed E-state index contributed by atoms with van der Waals surface area (Å²) in [6, 6.07) is 6.50. The fourth-order valence-corrected chi connectivity index (χ4v) is 3.38. The summed E-state index contributed by atoms with van der Waals surface area (Å²) >= 11 is 0. The maximum Gasteiger partial charge on any atom is 0.238 e. The number of hydrogen-bond donors (Lipinski definition) is 1. The molecule has 140 valence electrons. The summed E-state index contributed by atoms with van der Waals surface area (Å²) in [6.07, 6.45) is 2.41. The monoisotopic (exact) mass is 369 g/mol. The highest BCUT2D eigenvalue weighted by molar-refractivity contribution is 5.92. The Kier molecular flexibility index (Phi) is 4.49. The quantitative estimate of drug-likeness (QED) is 0.765. The minimum atomic E-state index is -0.337. The average molecular weight is 369 g/mol. The standard InChI is InChI=1S/C19H20FN5O2/c1-12-16(10-24(2)22-12)21-18(26)11-25-8-7-17-14(9-25)19(23-27-17)13-5-3-4-6-15(13)20/h3-6,10H,7-9,11H2,1-2H3,(H,21,26). The number of amides is 1. The van der Waals surface area contributed by atoms with Crippen molar-refractivity contribution in [1.29, 1.82) is 0 Å². The van der Waals surface area contributed by atoms with Crippen molar-refractivity contribution in [3.8, 4) is 11.3 Å². The molecule has 3 heterocycles. The first-order valence-corrected chi connectivity index (χ1v) is 8.76. The lowest BCUT2D eigenvalue weighted by molar-refractivity contribution is -0.117. The van der Waals surface area contributed by atoms with Crippen LogP contribution in [0, 0.1) is 12.7 Å². The Morgan fingerprint density at radius 3 is 2.93 bits per heavy atom. The summed E-state index contributed by atoms with van der Waals surface area (Å²) in [5, 5.41) is 11.2. The maximum atomic E-state index is 14.1. The summed E-state index contributed by atoms with van der Waals surface area (Å²) in [5.74, 6) is 0.307. The number of aryl methyl sites for hydroxylation is 2. The molecule has 0 unspecified atom stereocenters. The van der Waals surface area contributed by atoms with Gasteiger partial charge in [0.15, 0.2) is 0 Å². The van der Waals surface area contributed by atoms with Crippen LogP contribution in [0.5, 0.6) is 0 Å². The van der Waals surface area contributed by atoms with E-state index in [2.05, 4.69) is 15.6 Å². The summed E-state index contributed by atoms with van der Waals surface area (Å²) in [6.45, 7) is 3.25. The van der Waals surface area contributed by atoms with E-state index in [-0.39, 0.29) is 18.3 Å². The van der Waals surface area contributed by atoms with E-state index in [4.69, 9.17) is 4.52 Å². The molecule has 27 heavy (non-hydrogen) atoms. The average Bonchev–Trinajstić information content (AvgIpc) is 3.18. The zero-order chi connectivity index (χ0) is 19.0. The first-order chi connectivity index (χ1) is 13.0. The number of fused-ring (bicyclic) bond motifs is 1. The van der Waals surface area contributed by atoms with Crippen LogP contribution in [0.4, 0.5) is 10.1 Å². The molecule has 1 aliphatic heterocycles. The van der Waals surface area contributed by atoms with Crippen LogP contribution in [0.25, 0.3) is 11.3 Å². The van der Waals surface area contributed by atoms with E-state index in [1.165, 1.54) is 6.07 Å². The molecule has 0 spiro atoms. The van der Waals surface area contributed by atoms with Gasteiger partial charge in [-0.15, -0.1) is 0 Å². The van der Waals surface area contributed by atoms with Crippen LogP contribution in [0.1, 0.15) is 17.0 Å². The van der Waals surface area contributed by atoms with Gasteiger partial charge in [0, 0.05) is 43.9 Å². The predicted molar refractivity (Wildman–Crippen MR) is 97.5 cm³/mol. The Morgan fingerprint density at radius 1 is 1.37 bits per heavy atom. The molecular formula is C19H20FN5O2. The van der Waals surface area contributed by atoms with E-state index in [0.717, 1.165) is 17.0 Å². The van der Waals surface area contributed by atoms with Crippen LogP contribution in [0.15, 0.2) is 35.0 Å². The van der Waals surface area contributed by atoms with Crippen LogP contribution >= 0.6 is 0 Å². The molecule has 1 amide bonds. The van der Waals surface area contributed by atoms with Gasteiger partial charge in [0.2, 0.25) is 5.91 Å². The molecule has 0 radical (unpaired) electrons. The van der Waals surface area contributed by atoms with Gasteiger partial charge in [0.1, 0.15) is 17.3 Å². The van der Waals surface area contributed by atoms with Gasteiger partial charge in [-0.05, 0) is 19.1 Å². The first-order valence-electron chi connectivity index (χ1n) is 8.76. The number of benzene rings is 1. The normalized spacial score (nSPS) is 14.2. The SMILES string of the molecule is Cc1nn(C)cc1NC(=O)CN1CCc2onc(-c3ccccc3F)c2C1. The predicted octanol–water partition coefficient (Wildman–Crippen LogP) is 2.52. The number of rotatable bonds is 4. The minimum Gasteiger partial charge on any atom is -0.360 e. The molecule has 7 nitrogen and oxygen atoms in total. The fraction of sp³-hybridized carbons (Fsp3) is 0.316. The summed E-state index contributed by atoms with van der Waals surface area (Å²) in [5.41, 5.74) is 3.25. The van der Waals surface area contributed by atoms with Crippen LogP contribution in [-0.4, -0.2) is 38.8 Å². The summed E-state index contributed by atoms with van der Waals surface area (Å²) < 4.78 is 21.2. The van der Waals surface area contributed by atoms with Crippen molar-refractivity contribution in [3.63, 3.8) is 0 Å². The number of nitrogens with one attached hydrogen (secondary N) is 1. The lowest BCUT2D eigenvalue weighted by atomic mass is 10.0. The summed E-state index contributed by atoms with van der Waals surface area (Å²) in [4.78, 5) is 14.4. The van der Waals surface area contributed by atoms with Gasteiger partial charge in [-0.1, -0.05) is 17.3 Å². The second kappa shape index (κ2) is 6.96. The van der Waals surface area contributed by atoms with Crippen molar-refractivity contribution in [1.82, 2.24) is 19.8 Å². The second-order valence-electron chi connectivity index (χ2n) is 6.72. The molecule has 1 N–H and O–H groups in total. The molecule has 3 aromatic rings. The molecule has 2 aromatic heterocycles.